The predicted molar refractivity (Wildman–Crippen MR) is 133 cm³/mol. The van der Waals surface area contributed by atoms with Crippen LogP contribution < -0.4 is 15.2 Å². The van der Waals surface area contributed by atoms with Gasteiger partial charge in [0.15, 0.2) is 0 Å². The highest BCUT2D eigenvalue weighted by Gasteiger charge is 2.15. The van der Waals surface area contributed by atoms with Crippen LogP contribution >= 0.6 is 0 Å². The van der Waals surface area contributed by atoms with Crippen LogP contribution in [-0.4, -0.2) is 21.0 Å². The third-order valence-electron chi connectivity index (χ3n) is 5.54. The molecule has 0 radical (unpaired) electrons. The van der Waals surface area contributed by atoms with Gasteiger partial charge in [-0.1, -0.05) is 36.4 Å². The first-order valence-corrected chi connectivity index (χ1v) is 11.4. The van der Waals surface area contributed by atoms with E-state index < -0.39 is 12.0 Å². The van der Waals surface area contributed by atoms with Gasteiger partial charge in [0.05, 0.1) is 12.1 Å². The zero-order valence-corrected chi connectivity index (χ0v) is 19.7. The van der Waals surface area contributed by atoms with Crippen LogP contribution in [0.5, 0.6) is 11.5 Å². The maximum atomic E-state index is 15.3. The minimum Gasteiger partial charge on any atom is -0.489 e. The second-order valence-electron chi connectivity index (χ2n) is 8.32. The topological polar surface area (TPSA) is 108 Å². The number of aliphatic carboxylic acids is 1. The van der Waals surface area contributed by atoms with E-state index in [0.717, 1.165) is 5.56 Å². The molecule has 0 aliphatic rings. The van der Waals surface area contributed by atoms with E-state index in [1.165, 1.54) is 6.33 Å². The molecule has 4 rings (SSSR count). The van der Waals surface area contributed by atoms with E-state index in [0.29, 0.717) is 39.4 Å². The summed E-state index contributed by atoms with van der Waals surface area (Å²) in [6.45, 7) is 2.07. The van der Waals surface area contributed by atoms with Crippen molar-refractivity contribution in [1.82, 2.24) is 9.97 Å². The molecule has 3 N–H and O–H groups in total. The van der Waals surface area contributed by atoms with Crippen molar-refractivity contribution in [1.29, 1.82) is 0 Å². The average molecular weight is 488 g/mol. The lowest BCUT2D eigenvalue weighted by atomic mass is 9.97. The number of rotatable bonds is 10. The fourth-order valence-electron chi connectivity index (χ4n) is 3.78. The Morgan fingerprint density at radius 1 is 1.06 bits per heavy atom. The summed E-state index contributed by atoms with van der Waals surface area (Å²) in [5, 5.41) is 9.19. The molecule has 0 amide bonds. The fraction of sp³-hybridized carbons (Fsp3) is 0.179. The summed E-state index contributed by atoms with van der Waals surface area (Å²) in [4.78, 5) is 19.3. The van der Waals surface area contributed by atoms with Crippen molar-refractivity contribution in [3.8, 4) is 22.6 Å². The lowest BCUT2D eigenvalue weighted by Crippen LogP contribution is -2.08. The van der Waals surface area contributed by atoms with E-state index in [1.54, 1.807) is 73.8 Å². The van der Waals surface area contributed by atoms with E-state index in [4.69, 9.17) is 15.2 Å². The van der Waals surface area contributed by atoms with Crippen LogP contribution in [0.15, 0.2) is 79.3 Å². The number of hydrogen-bond acceptors (Lipinski definition) is 6. The second kappa shape index (κ2) is 11.4. The summed E-state index contributed by atoms with van der Waals surface area (Å²) < 4.78 is 27.3. The predicted octanol–water partition coefficient (Wildman–Crippen LogP) is 5.09. The smallest absolute Gasteiger partial charge is 0.307 e. The van der Waals surface area contributed by atoms with Gasteiger partial charge in [0, 0.05) is 28.9 Å². The van der Waals surface area contributed by atoms with Crippen LogP contribution in [-0.2, 0) is 24.4 Å². The average Bonchev–Trinajstić information content (AvgIpc) is 2.87. The highest BCUT2D eigenvalue weighted by Crippen LogP contribution is 2.32. The number of benzene rings is 3. The first kappa shape index (κ1) is 24.8. The van der Waals surface area contributed by atoms with Gasteiger partial charge in [0.1, 0.15) is 36.9 Å². The molecule has 36 heavy (non-hydrogen) atoms. The standard InChI is InChI=1S/C28H26FN3O4/c1-18(30)24-6-4-7-25(28(24)29)21-11-19(12-23(13-21)35-16-22-9-10-31-17-32-22)15-36-26-8-3-2-5-20(26)14-27(33)34/h2-13,17-18H,14-16,30H2,1H3,(H,33,34)/t18-/m1/s1. The molecule has 0 unspecified atom stereocenters. The number of halogens is 1. The summed E-state index contributed by atoms with van der Waals surface area (Å²) in [5.74, 6) is -0.356. The molecule has 3 aromatic carbocycles. The van der Waals surface area contributed by atoms with Crippen LogP contribution in [0.25, 0.3) is 11.1 Å². The molecule has 0 saturated carbocycles. The third-order valence-corrected chi connectivity index (χ3v) is 5.54. The lowest BCUT2D eigenvalue weighted by molar-refractivity contribution is -0.136. The largest absolute Gasteiger partial charge is 0.489 e. The van der Waals surface area contributed by atoms with Crippen molar-refractivity contribution in [2.75, 3.05) is 0 Å². The quantitative estimate of drug-likeness (QED) is 0.321. The van der Waals surface area contributed by atoms with E-state index in [1.807, 2.05) is 6.07 Å². The molecule has 0 aliphatic carbocycles. The fourth-order valence-corrected chi connectivity index (χ4v) is 3.78. The first-order chi connectivity index (χ1) is 17.4. The van der Waals surface area contributed by atoms with E-state index in [9.17, 15) is 9.90 Å². The van der Waals surface area contributed by atoms with Crippen molar-refractivity contribution in [2.45, 2.75) is 32.6 Å². The van der Waals surface area contributed by atoms with E-state index >= 15 is 4.39 Å². The second-order valence-corrected chi connectivity index (χ2v) is 8.32. The van der Waals surface area contributed by atoms with Crippen LogP contribution in [0.2, 0.25) is 0 Å². The van der Waals surface area contributed by atoms with Crippen molar-refractivity contribution in [3.63, 3.8) is 0 Å². The highest BCUT2D eigenvalue weighted by atomic mass is 19.1. The first-order valence-electron chi connectivity index (χ1n) is 11.4. The van der Waals surface area contributed by atoms with Crippen LogP contribution in [0.4, 0.5) is 4.39 Å². The summed E-state index contributed by atoms with van der Waals surface area (Å²) in [7, 11) is 0. The van der Waals surface area contributed by atoms with Gasteiger partial charge < -0.3 is 20.3 Å². The minimum atomic E-state index is -0.946. The Morgan fingerprint density at radius 3 is 2.64 bits per heavy atom. The summed E-state index contributed by atoms with van der Waals surface area (Å²) in [6.07, 6.45) is 2.92. The highest BCUT2D eigenvalue weighted by molar-refractivity contribution is 5.71. The summed E-state index contributed by atoms with van der Waals surface area (Å²) >= 11 is 0. The molecule has 0 spiro atoms. The molecule has 1 atom stereocenters. The SMILES string of the molecule is C[C@@H](N)c1cccc(-c2cc(COc3ccccc3CC(=O)O)cc(OCc3ccncn3)c2)c1F. The number of nitrogens with zero attached hydrogens (tertiary/aromatic N) is 2. The Balaban J connectivity index is 1.66. The Kier molecular flexibility index (Phi) is 7.87. The van der Waals surface area contributed by atoms with E-state index in [2.05, 4.69) is 9.97 Å². The molecule has 0 fully saturated rings. The van der Waals surface area contributed by atoms with Crippen molar-refractivity contribution >= 4 is 5.97 Å². The maximum Gasteiger partial charge on any atom is 0.307 e. The Morgan fingerprint density at radius 2 is 1.89 bits per heavy atom. The molecular formula is C28H26FN3O4. The normalized spacial score (nSPS) is 11.6. The van der Waals surface area contributed by atoms with Crippen LogP contribution in [0.3, 0.4) is 0 Å². The molecular weight excluding hydrogens is 461 g/mol. The van der Waals surface area contributed by atoms with Crippen molar-refractivity contribution in [3.05, 3.63) is 107 Å². The zero-order chi connectivity index (χ0) is 25.5. The molecule has 0 bridgehead atoms. The number of para-hydroxylation sites is 1. The number of ether oxygens (including phenoxy) is 2. The molecule has 1 aromatic heterocycles. The van der Waals surface area contributed by atoms with Gasteiger partial charge in [-0.05, 0) is 48.4 Å². The molecule has 4 aromatic rings. The molecule has 0 aliphatic heterocycles. The Hall–Kier alpha value is -4.30. The molecule has 1 heterocycles. The maximum absolute atomic E-state index is 15.3. The number of carboxylic acid groups (broad SMARTS) is 1. The minimum absolute atomic E-state index is 0.128. The molecule has 8 heteroatoms. The summed E-state index contributed by atoms with van der Waals surface area (Å²) in [6, 6.07) is 18.8. The number of nitrogens with two attached hydrogens (primary N) is 1. The Bertz CT molecular complexity index is 1350. The lowest BCUT2D eigenvalue weighted by Gasteiger charge is -2.15. The van der Waals surface area contributed by atoms with Crippen molar-refractivity contribution < 1.29 is 23.8 Å². The zero-order valence-electron chi connectivity index (χ0n) is 19.7. The number of carbonyl (C=O) groups is 1. The van der Waals surface area contributed by atoms with Crippen molar-refractivity contribution in [2.24, 2.45) is 5.73 Å². The van der Waals surface area contributed by atoms with Gasteiger partial charge in [-0.25, -0.2) is 14.4 Å². The van der Waals surface area contributed by atoms with E-state index in [-0.39, 0.29) is 25.5 Å². The van der Waals surface area contributed by atoms with Gasteiger partial charge >= 0.3 is 5.97 Å². The number of aromatic nitrogens is 2. The van der Waals surface area contributed by atoms with Gasteiger partial charge in [0.25, 0.3) is 0 Å². The van der Waals surface area contributed by atoms with Crippen LogP contribution in [0.1, 0.15) is 35.3 Å². The molecule has 0 saturated heterocycles. The van der Waals surface area contributed by atoms with Gasteiger partial charge in [0.2, 0.25) is 0 Å². The number of hydrogen-bond donors (Lipinski definition) is 2. The van der Waals surface area contributed by atoms with Crippen LogP contribution in [0, 0.1) is 5.82 Å². The molecule has 184 valence electrons. The summed E-state index contributed by atoms with van der Waals surface area (Å²) in [5.41, 5.74) is 9.36. The third kappa shape index (κ3) is 6.22. The monoisotopic (exact) mass is 487 g/mol. The number of carboxylic acids is 1. The Labute approximate surface area is 208 Å². The van der Waals surface area contributed by atoms with Gasteiger partial charge in [-0.2, -0.15) is 0 Å². The molecule has 7 nitrogen and oxygen atoms in total. The van der Waals surface area contributed by atoms with Gasteiger partial charge in [-0.3, -0.25) is 4.79 Å². The van der Waals surface area contributed by atoms with Gasteiger partial charge in [-0.15, -0.1) is 0 Å².